The Morgan fingerprint density at radius 2 is 1.62 bits per heavy atom. The average molecular weight is 404 g/mol. The first-order valence-corrected chi connectivity index (χ1v) is 9.44. The summed E-state index contributed by atoms with van der Waals surface area (Å²) in [5.74, 6) is -0.768. The Hall–Kier alpha value is -2.64. The number of nitrogens with one attached hydrogen (secondary N) is 1. The molecule has 1 N–H and O–H groups in total. The van der Waals surface area contributed by atoms with Crippen molar-refractivity contribution in [3.63, 3.8) is 0 Å². The van der Waals surface area contributed by atoms with Crippen LogP contribution in [0.2, 0.25) is 0 Å². The number of rotatable bonds is 6. The van der Waals surface area contributed by atoms with Crippen molar-refractivity contribution in [1.29, 1.82) is 0 Å². The zero-order valence-corrected chi connectivity index (χ0v) is 15.9. The number of nitrogens with zero attached hydrogens (tertiary/aromatic N) is 1. The lowest BCUT2D eigenvalue weighted by Gasteiger charge is -2.34. The fourth-order valence-electron chi connectivity index (χ4n) is 3.35. The minimum Gasteiger partial charge on any atom is -0.379 e. The van der Waals surface area contributed by atoms with Crippen molar-refractivity contribution >= 4 is 11.5 Å². The smallest absolute Gasteiger partial charge is 0.379 e. The van der Waals surface area contributed by atoms with Gasteiger partial charge in [0.05, 0.1) is 24.8 Å². The summed E-state index contributed by atoms with van der Waals surface area (Å²) in [6.45, 7) is 2.78. The van der Waals surface area contributed by atoms with Crippen LogP contribution in [0, 0.1) is 0 Å². The maximum absolute atomic E-state index is 13.5. The number of alkyl halides is 3. The standard InChI is InChI=1S/C22H23F3N2O2/c23-22(24,25)19(17-7-3-1-4-8-17)15-21(28)26-16-20(18-9-5-2-6-10-18)27-11-13-29-14-12-27/h1-10,15,20H,11-14,16H2,(H,26,28)/b19-15-. The van der Waals surface area contributed by atoms with Crippen LogP contribution in [0.25, 0.3) is 5.57 Å². The zero-order valence-electron chi connectivity index (χ0n) is 15.9. The van der Waals surface area contributed by atoms with Crippen LogP contribution >= 0.6 is 0 Å². The summed E-state index contributed by atoms with van der Waals surface area (Å²) in [6, 6.07) is 16.8. The van der Waals surface area contributed by atoms with Crippen LogP contribution in [0.4, 0.5) is 13.2 Å². The summed E-state index contributed by atoms with van der Waals surface area (Å²) in [5, 5.41) is 2.65. The molecule has 4 nitrogen and oxygen atoms in total. The Bertz CT molecular complexity index is 817. The van der Waals surface area contributed by atoms with Crippen LogP contribution in [0.5, 0.6) is 0 Å². The second kappa shape index (κ2) is 9.71. The van der Waals surface area contributed by atoms with Gasteiger partial charge in [0.2, 0.25) is 5.91 Å². The fourth-order valence-corrected chi connectivity index (χ4v) is 3.35. The van der Waals surface area contributed by atoms with E-state index in [-0.39, 0.29) is 18.2 Å². The van der Waals surface area contributed by atoms with Crippen LogP contribution in [0.1, 0.15) is 17.2 Å². The molecule has 1 unspecified atom stereocenters. The van der Waals surface area contributed by atoms with E-state index in [2.05, 4.69) is 10.2 Å². The Labute approximate surface area is 168 Å². The molecule has 1 fully saturated rings. The van der Waals surface area contributed by atoms with Crippen molar-refractivity contribution in [2.45, 2.75) is 12.2 Å². The van der Waals surface area contributed by atoms with E-state index in [1.54, 1.807) is 6.07 Å². The quantitative estimate of drug-likeness (QED) is 0.745. The Balaban J connectivity index is 1.76. The van der Waals surface area contributed by atoms with E-state index in [4.69, 9.17) is 4.74 Å². The van der Waals surface area contributed by atoms with Gasteiger partial charge in [-0.15, -0.1) is 0 Å². The normalized spacial score (nSPS) is 17.0. The van der Waals surface area contributed by atoms with Gasteiger partial charge >= 0.3 is 6.18 Å². The van der Waals surface area contributed by atoms with E-state index < -0.39 is 17.7 Å². The van der Waals surface area contributed by atoms with Crippen LogP contribution in [0.3, 0.4) is 0 Å². The summed E-state index contributed by atoms with van der Waals surface area (Å²) < 4.78 is 45.7. The molecule has 1 amide bonds. The van der Waals surface area contributed by atoms with Crippen molar-refractivity contribution in [3.8, 4) is 0 Å². The molecule has 1 aliphatic heterocycles. The lowest BCUT2D eigenvalue weighted by atomic mass is 10.0. The molecule has 29 heavy (non-hydrogen) atoms. The van der Waals surface area contributed by atoms with Crippen LogP contribution < -0.4 is 5.32 Å². The maximum Gasteiger partial charge on any atom is 0.417 e. The van der Waals surface area contributed by atoms with Crippen LogP contribution in [0.15, 0.2) is 66.7 Å². The minimum absolute atomic E-state index is 0.0389. The highest BCUT2D eigenvalue weighted by molar-refractivity contribution is 5.96. The lowest BCUT2D eigenvalue weighted by Crippen LogP contribution is -2.43. The Morgan fingerprint density at radius 3 is 2.21 bits per heavy atom. The second-order valence-corrected chi connectivity index (χ2v) is 6.74. The maximum atomic E-state index is 13.5. The highest BCUT2D eigenvalue weighted by atomic mass is 19.4. The lowest BCUT2D eigenvalue weighted by molar-refractivity contribution is -0.117. The molecule has 0 bridgehead atoms. The largest absolute Gasteiger partial charge is 0.417 e. The average Bonchev–Trinajstić information content (AvgIpc) is 2.73. The third-order valence-corrected chi connectivity index (χ3v) is 4.81. The molecule has 154 valence electrons. The molecule has 2 aromatic rings. The van der Waals surface area contributed by atoms with Crippen molar-refractivity contribution in [3.05, 3.63) is 77.9 Å². The van der Waals surface area contributed by atoms with Gasteiger partial charge in [0.1, 0.15) is 0 Å². The number of allylic oxidation sites excluding steroid dienone is 1. The molecule has 2 aromatic carbocycles. The Kier molecular flexibility index (Phi) is 7.06. The van der Waals surface area contributed by atoms with Gasteiger partial charge in [0.15, 0.2) is 0 Å². The van der Waals surface area contributed by atoms with Gasteiger partial charge in [0, 0.05) is 25.7 Å². The molecule has 0 saturated carbocycles. The topological polar surface area (TPSA) is 41.6 Å². The van der Waals surface area contributed by atoms with Crippen LogP contribution in [-0.2, 0) is 9.53 Å². The number of hydrogen-bond acceptors (Lipinski definition) is 3. The molecule has 0 aromatic heterocycles. The molecule has 1 saturated heterocycles. The molecule has 1 aliphatic rings. The molecule has 0 radical (unpaired) electrons. The molecule has 7 heteroatoms. The van der Waals surface area contributed by atoms with Gasteiger partial charge in [-0.25, -0.2) is 0 Å². The first-order chi connectivity index (χ1) is 13.9. The number of amides is 1. The first-order valence-electron chi connectivity index (χ1n) is 9.44. The zero-order chi connectivity index (χ0) is 20.7. The number of ether oxygens (including phenoxy) is 1. The number of halogens is 3. The van der Waals surface area contributed by atoms with Gasteiger partial charge < -0.3 is 10.1 Å². The van der Waals surface area contributed by atoms with Gasteiger partial charge in [-0.2, -0.15) is 13.2 Å². The van der Waals surface area contributed by atoms with E-state index >= 15 is 0 Å². The third kappa shape index (κ3) is 5.92. The highest BCUT2D eigenvalue weighted by Crippen LogP contribution is 2.33. The van der Waals surface area contributed by atoms with Crippen molar-refractivity contribution in [2.24, 2.45) is 0 Å². The predicted octanol–water partition coefficient (Wildman–Crippen LogP) is 3.82. The number of carbonyl (C=O) groups is 1. The van der Waals surface area contributed by atoms with Gasteiger partial charge in [-0.1, -0.05) is 60.7 Å². The molecular weight excluding hydrogens is 381 g/mol. The predicted molar refractivity (Wildman–Crippen MR) is 105 cm³/mol. The van der Waals surface area contributed by atoms with E-state index in [0.717, 1.165) is 5.56 Å². The van der Waals surface area contributed by atoms with Crippen molar-refractivity contribution < 1.29 is 22.7 Å². The first kappa shape index (κ1) is 21.1. The summed E-state index contributed by atoms with van der Waals surface area (Å²) in [4.78, 5) is 14.5. The van der Waals surface area contributed by atoms with Gasteiger partial charge in [0.25, 0.3) is 0 Å². The number of morpholine rings is 1. The van der Waals surface area contributed by atoms with E-state index in [1.807, 2.05) is 30.3 Å². The highest BCUT2D eigenvalue weighted by Gasteiger charge is 2.35. The summed E-state index contributed by atoms with van der Waals surface area (Å²) >= 11 is 0. The third-order valence-electron chi connectivity index (χ3n) is 4.81. The molecule has 3 rings (SSSR count). The number of benzene rings is 2. The summed E-state index contributed by atoms with van der Waals surface area (Å²) in [5.41, 5.74) is -0.000967. The molecule has 0 aliphatic carbocycles. The molecular formula is C22H23F3N2O2. The molecule has 0 spiro atoms. The SMILES string of the molecule is O=C(/C=C(/c1ccccc1)C(F)(F)F)NCC(c1ccccc1)N1CCOCC1. The monoisotopic (exact) mass is 404 g/mol. The van der Waals surface area contributed by atoms with Crippen molar-refractivity contribution in [1.82, 2.24) is 10.2 Å². The van der Waals surface area contributed by atoms with Crippen molar-refractivity contribution in [2.75, 3.05) is 32.8 Å². The van der Waals surface area contributed by atoms with Crippen LogP contribution in [-0.4, -0.2) is 49.8 Å². The minimum atomic E-state index is -4.62. The molecule has 1 atom stereocenters. The summed E-state index contributed by atoms with van der Waals surface area (Å²) in [7, 11) is 0. The second-order valence-electron chi connectivity index (χ2n) is 6.74. The number of hydrogen-bond donors (Lipinski definition) is 1. The molecule has 1 heterocycles. The van der Waals surface area contributed by atoms with E-state index in [0.29, 0.717) is 32.4 Å². The summed E-state index contributed by atoms with van der Waals surface area (Å²) in [6.07, 6.45) is -3.99. The Morgan fingerprint density at radius 1 is 1.03 bits per heavy atom. The van der Waals surface area contributed by atoms with E-state index in [9.17, 15) is 18.0 Å². The number of carbonyl (C=O) groups excluding carboxylic acids is 1. The van der Waals surface area contributed by atoms with Gasteiger partial charge in [-0.3, -0.25) is 9.69 Å². The fraction of sp³-hybridized carbons (Fsp3) is 0.318. The van der Waals surface area contributed by atoms with E-state index in [1.165, 1.54) is 24.3 Å². The van der Waals surface area contributed by atoms with Gasteiger partial charge in [-0.05, 0) is 11.1 Å².